The molecule has 1 aromatic heterocycles. The molecule has 5 nitrogen and oxygen atoms in total. The van der Waals surface area contributed by atoms with Gasteiger partial charge in [0.05, 0.1) is 6.61 Å². The van der Waals surface area contributed by atoms with Gasteiger partial charge in [0.2, 0.25) is 0 Å². The molecule has 1 atom stereocenters. The first kappa shape index (κ1) is 13.8. The predicted octanol–water partition coefficient (Wildman–Crippen LogP) is 0.876. The summed E-state index contributed by atoms with van der Waals surface area (Å²) in [6.07, 6.45) is 2.89. The lowest BCUT2D eigenvalue weighted by Crippen LogP contribution is -2.33. The van der Waals surface area contributed by atoms with E-state index in [4.69, 9.17) is 4.74 Å². The first-order valence-corrected chi connectivity index (χ1v) is 6.64. The van der Waals surface area contributed by atoms with Gasteiger partial charge in [-0.15, -0.1) is 0 Å². The van der Waals surface area contributed by atoms with E-state index in [1.54, 1.807) is 13.2 Å². The lowest BCUT2D eigenvalue weighted by Gasteiger charge is -2.21. The van der Waals surface area contributed by atoms with Crippen LogP contribution in [-0.2, 0) is 17.6 Å². The molecule has 0 saturated heterocycles. The van der Waals surface area contributed by atoms with Crippen LogP contribution in [0, 0.1) is 5.92 Å². The number of hydrogen-bond donors (Lipinski definition) is 2. The number of carbonyl (C=O) groups is 1. The lowest BCUT2D eigenvalue weighted by atomic mass is 9.87. The molecule has 2 rings (SSSR count). The lowest BCUT2D eigenvalue weighted by molar-refractivity contribution is 0.0935. The van der Waals surface area contributed by atoms with Gasteiger partial charge in [0.25, 0.3) is 11.5 Å². The third-order valence-corrected chi connectivity index (χ3v) is 3.51. The summed E-state index contributed by atoms with van der Waals surface area (Å²) in [6.45, 7) is 3.03. The van der Waals surface area contributed by atoms with Crippen molar-refractivity contribution in [2.24, 2.45) is 5.92 Å². The van der Waals surface area contributed by atoms with Gasteiger partial charge in [-0.25, -0.2) is 0 Å². The highest BCUT2D eigenvalue weighted by atomic mass is 16.5. The number of methoxy groups -OCH3 is 1. The summed E-state index contributed by atoms with van der Waals surface area (Å²) in [5, 5.41) is 2.67. The van der Waals surface area contributed by atoms with E-state index < -0.39 is 0 Å². The maximum atomic E-state index is 11.9. The van der Waals surface area contributed by atoms with Gasteiger partial charge in [-0.3, -0.25) is 9.59 Å². The van der Waals surface area contributed by atoms with E-state index >= 15 is 0 Å². The van der Waals surface area contributed by atoms with E-state index in [1.165, 1.54) is 0 Å². The Balaban J connectivity index is 2.19. The molecular weight excluding hydrogens is 244 g/mol. The van der Waals surface area contributed by atoms with E-state index in [2.05, 4.69) is 17.2 Å². The zero-order valence-corrected chi connectivity index (χ0v) is 11.4. The van der Waals surface area contributed by atoms with E-state index in [0.29, 0.717) is 19.1 Å². The number of pyridine rings is 1. The third kappa shape index (κ3) is 3.23. The fourth-order valence-corrected chi connectivity index (χ4v) is 2.42. The molecule has 1 heterocycles. The summed E-state index contributed by atoms with van der Waals surface area (Å²) in [6, 6.07) is 1.74. The second-order valence-corrected chi connectivity index (χ2v) is 5.11. The molecule has 0 radical (unpaired) electrons. The molecule has 1 aliphatic carbocycles. The number of hydrogen-bond acceptors (Lipinski definition) is 3. The van der Waals surface area contributed by atoms with Crippen molar-refractivity contribution in [3.63, 3.8) is 0 Å². The third-order valence-electron chi connectivity index (χ3n) is 3.51. The van der Waals surface area contributed by atoms with Gasteiger partial charge in [-0.2, -0.15) is 0 Å². The zero-order chi connectivity index (χ0) is 13.8. The Morgan fingerprint density at radius 1 is 1.58 bits per heavy atom. The Kier molecular flexibility index (Phi) is 4.37. The first-order chi connectivity index (χ1) is 9.11. The number of carbonyl (C=O) groups excluding carboxylic acids is 1. The number of H-pyrrole nitrogens is 1. The van der Waals surface area contributed by atoms with Crippen LogP contribution in [0.4, 0.5) is 0 Å². The van der Waals surface area contributed by atoms with Crippen molar-refractivity contribution in [3.05, 3.63) is 33.2 Å². The van der Waals surface area contributed by atoms with Crippen LogP contribution < -0.4 is 10.9 Å². The van der Waals surface area contributed by atoms with Crippen molar-refractivity contribution >= 4 is 5.91 Å². The molecule has 0 spiro atoms. The molecule has 0 aromatic carbocycles. The van der Waals surface area contributed by atoms with Gasteiger partial charge < -0.3 is 15.0 Å². The fraction of sp³-hybridized carbons (Fsp3) is 0.571. The number of aromatic nitrogens is 1. The maximum Gasteiger partial charge on any atom is 0.261 e. The normalized spacial score (nSPS) is 17.9. The quantitative estimate of drug-likeness (QED) is 0.793. The average molecular weight is 264 g/mol. The summed E-state index contributed by atoms with van der Waals surface area (Å²) in [4.78, 5) is 26.7. The highest BCUT2D eigenvalue weighted by Crippen LogP contribution is 2.23. The topological polar surface area (TPSA) is 71.2 Å². The number of ether oxygens (including phenoxy) is 1. The summed E-state index contributed by atoms with van der Waals surface area (Å²) in [5.74, 6) is 0.266. The molecule has 0 saturated carbocycles. The molecule has 1 aromatic rings. The Hall–Kier alpha value is -1.62. The molecule has 1 aliphatic rings. The van der Waals surface area contributed by atoms with Gasteiger partial charge in [-0.1, -0.05) is 6.92 Å². The number of aryl methyl sites for hydroxylation is 1. The molecule has 5 heteroatoms. The van der Waals surface area contributed by atoms with Gasteiger partial charge in [0, 0.05) is 19.3 Å². The number of aromatic amines is 1. The van der Waals surface area contributed by atoms with Gasteiger partial charge in [-0.05, 0) is 36.8 Å². The Labute approximate surface area is 112 Å². The largest absolute Gasteiger partial charge is 0.383 e. The highest BCUT2D eigenvalue weighted by molar-refractivity contribution is 5.94. The van der Waals surface area contributed by atoms with Gasteiger partial charge in [0.15, 0.2) is 0 Å². The molecular formula is C14H20N2O3. The zero-order valence-electron chi connectivity index (χ0n) is 11.4. The molecule has 1 unspecified atom stereocenters. The molecule has 0 aliphatic heterocycles. The fourth-order valence-electron chi connectivity index (χ4n) is 2.42. The van der Waals surface area contributed by atoms with Crippen LogP contribution in [0.2, 0.25) is 0 Å². The standard InChI is InChI=1S/C14H20N2O3/c1-9-3-4-12-10(7-9)8-11(14(18)16-12)13(17)15-5-6-19-2/h8-9H,3-7H2,1-2H3,(H,15,17)(H,16,18). The summed E-state index contributed by atoms with van der Waals surface area (Å²) in [7, 11) is 1.57. The van der Waals surface area contributed by atoms with Crippen molar-refractivity contribution in [3.8, 4) is 0 Å². The second kappa shape index (κ2) is 6.02. The molecule has 1 amide bonds. The van der Waals surface area contributed by atoms with Crippen molar-refractivity contribution in [2.45, 2.75) is 26.2 Å². The second-order valence-electron chi connectivity index (χ2n) is 5.11. The van der Waals surface area contributed by atoms with Crippen molar-refractivity contribution in [2.75, 3.05) is 20.3 Å². The van der Waals surface area contributed by atoms with Gasteiger partial charge in [0.1, 0.15) is 5.56 Å². The molecule has 19 heavy (non-hydrogen) atoms. The maximum absolute atomic E-state index is 11.9. The van der Waals surface area contributed by atoms with Crippen LogP contribution >= 0.6 is 0 Å². The van der Waals surface area contributed by atoms with E-state index in [1.807, 2.05) is 0 Å². The number of amides is 1. The Bertz CT molecular complexity index is 522. The SMILES string of the molecule is COCCNC(=O)c1cc2c([nH]c1=O)CCC(C)C2. The summed E-state index contributed by atoms with van der Waals surface area (Å²) in [5.41, 5.74) is 1.97. The van der Waals surface area contributed by atoms with E-state index in [-0.39, 0.29) is 17.0 Å². The first-order valence-electron chi connectivity index (χ1n) is 6.64. The highest BCUT2D eigenvalue weighted by Gasteiger charge is 2.19. The summed E-state index contributed by atoms with van der Waals surface area (Å²) >= 11 is 0. The molecule has 104 valence electrons. The monoisotopic (exact) mass is 264 g/mol. The van der Waals surface area contributed by atoms with E-state index in [0.717, 1.165) is 30.5 Å². The van der Waals surface area contributed by atoms with Crippen LogP contribution in [0.15, 0.2) is 10.9 Å². The summed E-state index contributed by atoms with van der Waals surface area (Å²) < 4.78 is 4.86. The minimum Gasteiger partial charge on any atom is -0.383 e. The average Bonchev–Trinajstić information content (AvgIpc) is 2.38. The number of nitrogens with one attached hydrogen (secondary N) is 2. The Morgan fingerprint density at radius 2 is 2.37 bits per heavy atom. The molecule has 0 bridgehead atoms. The Morgan fingerprint density at radius 3 is 3.11 bits per heavy atom. The minimum absolute atomic E-state index is 0.198. The van der Waals surface area contributed by atoms with Gasteiger partial charge >= 0.3 is 0 Å². The van der Waals surface area contributed by atoms with Crippen molar-refractivity contribution < 1.29 is 9.53 Å². The van der Waals surface area contributed by atoms with Crippen LogP contribution in [-0.4, -0.2) is 31.2 Å². The minimum atomic E-state index is -0.334. The van der Waals surface area contributed by atoms with Crippen LogP contribution in [0.25, 0.3) is 0 Å². The van der Waals surface area contributed by atoms with Crippen molar-refractivity contribution in [1.82, 2.24) is 10.3 Å². The van der Waals surface area contributed by atoms with Crippen LogP contribution in [0.5, 0.6) is 0 Å². The number of rotatable bonds is 4. The smallest absolute Gasteiger partial charge is 0.261 e. The van der Waals surface area contributed by atoms with Crippen molar-refractivity contribution in [1.29, 1.82) is 0 Å². The van der Waals surface area contributed by atoms with E-state index in [9.17, 15) is 9.59 Å². The number of fused-ring (bicyclic) bond motifs is 1. The van der Waals surface area contributed by atoms with Crippen LogP contribution in [0.1, 0.15) is 35.0 Å². The molecule has 2 N–H and O–H groups in total. The predicted molar refractivity (Wildman–Crippen MR) is 72.5 cm³/mol. The molecule has 0 fully saturated rings. The van der Waals surface area contributed by atoms with Crippen LogP contribution in [0.3, 0.4) is 0 Å².